The van der Waals surface area contributed by atoms with Gasteiger partial charge in [0.25, 0.3) is 5.91 Å². The summed E-state index contributed by atoms with van der Waals surface area (Å²) >= 11 is 0. The molecular formula is C12H12FNO4. The van der Waals surface area contributed by atoms with Crippen molar-refractivity contribution in [2.24, 2.45) is 5.92 Å². The summed E-state index contributed by atoms with van der Waals surface area (Å²) in [6, 6.07) is 3.65. The van der Waals surface area contributed by atoms with E-state index in [1.54, 1.807) is 0 Å². The molecular weight excluding hydrogens is 241 g/mol. The normalized spacial score (nSPS) is 15.3. The average Bonchev–Trinajstić information content (AvgIpc) is 2.22. The van der Waals surface area contributed by atoms with Crippen molar-refractivity contribution < 1.29 is 24.2 Å². The van der Waals surface area contributed by atoms with E-state index in [4.69, 9.17) is 5.11 Å². The van der Waals surface area contributed by atoms with Gasteiger partial charge in [-0.3, -0.25) is 9.59 Å². The fraction of sp³-hybridized carbons (Fsp3) is 0.333. The van der Waals surface area contributed by atoms with Crippen molar-refractivity contribution in [2.45, 2.75) is 6.42 Å². The van der Waals surface area contributed by atoms with E-state index in [0.29, 0.717) is 0 Å². The standard InChI is InChI=1S/C12H12FNO4/c13-8-2-1-3-9(15)11(8)12(18)14-5-7(6-14)4-10(16)17/h1-3,7,15H,4-6H2,(H,16,17). The molecule has 0 bridgehead atoms. The first-order chi connectivity index (χ1) is 8.49. The number of aromatic hydroxyl groups is 1. The second-order valence-corrected chi connectivity index (χ2v) is 4.31. The minimum Gasteiger partial charge on any atom is -0.507 e. The molecule has 1 aliphatic rings. The molecule has 1 aliphatic heterocycles. The Kier molecular flexibility index (Phi) is 3.18. The lowest BCUT2D eigenvalue weighted by Gasteiger charge is -2.38. The van der Waals surface area contributed by atoms with E-state index >= 15 is 0 Å². The second kappa shape index (κ2) is 4.64. The highest BCUT2D eigenvalue weighted by atomic mass is 19.1. The average molecular weight is 253 g/mol. The monoisotopic (exact) mass is 253 g/mol. The Hall–Kier alpha value is -2.11. The molecule has 1 fully saturated rings. The van der Waals surface area contributed by atoms with E-state index in [2.05, 4.69) is 0 Å². The van der Waals surface area contributed by atoms with Crippen LogP contribution >= 0.6 is 0 Å². The first-order valence-corrected chi connectivity index (χ1v) is 5.47. The van der Waals surface area contributed by atoms with Crippen molar-refractivity contribution in [2.75, 3.05) is 13.1 Å². The maximum atomic E-state index is 13.4. The van der Waals surface area contributed by atoms with Gasteiger partial charge in [0, 0.05) is 19.0 Å². The van der Waals surface area contributed by atoms with Crippen LogP contribution in [0.4, 0.5) is 4.39 Å². The number of carbonyl (C=O) groups excluding carboxylic acids is 1. The lowest BCUT2D eigenvalue weighted by Crippen LogP contribution is -2.50. The molecule has 0 spiro atoms. The number of phenolic OH excluding ortho intramolecular Hbond substituents is 1. The Labute approximate surface area is 102 Å². The smallest absolute Gasteiger partial charge is 0.303 e. The van der Waals surface area contributed by atoms with Gasteiger partial charge in [-0.1, -0.05) is 6.07 Å². The Morgan fingerprint density at radius 2 is 2.06 bits per heavy atom. The molecule has 96 valence electrons. The quantitative estimate of drug-likeness (QED) is 0.844. The molecule has 1 amide bonds. The Morgan fingerprint density at radius 3 is 2.61 bits per heavy atom. The van der Waals surface area contributed by atoms with E-state index in [1.165, 1.54) is 17.0 Å². The molecule has 18 heavy (non-hydrogen) atoms. The van der Waals surface area contributed by atoms with Gasteiger partial charge in [-0.2, -0.15) is 0 Å². The Balaban J connectivity index is 2.04. The zero-order valence-electron chi connectivity index (χ0n) is 9.47. The third-order valence-electron chi connectivity index (χ3n) is 2.91. The van der Waals surface area contributed by atoms with E-state index < -0.39 is 23.4 Å². The molecule has 1 saturated heterocycles. The third-order valence-corrected chi connectivity index (χ3v) is 2.91. The van der Waals surface area contributed by atoms with Crippen molar-refractivity contribution in [3.8, 4) is 5.75 Å². The van der Waals surface area contributed by atoms with E-state index in [-0.39, 0.29) is 31.0 Å². The van der Waals surface area contributed by atoms with Crippen LogP contribution in [-0.2, 0) is 4.79 Å². The number of nitrogens with zero attached hydrogens (tertiary/aromatic N) is 1. The van der Waals surface area contributed by atoms with Crippen LogP contribution in [0.2, 0.25) is 0 Å². The van der Waals surface area contributed by atoms with Crippen molar-refractivity contribution in [1.29, 1.82) is 0 Å². The molecule has 0 atom stereocenters. The van der Waals surface area contributed by atoms with Crippen LogP contribution in [0.15, 0.2) is 18.2 Å². The zero-order valence-corrected chi connectivity index (χ0v) is 9.47. The third kappa shape index (κ3) is 2.27. The number of hydrogen-bond donors (Lipinski definition) is 2. The number of likely N-dealkylation sites (tertiary alicyclic amines) is 1. The number of carboxylic acid groups (broad SMARTS) is 1. The van der Waals surface area contributed by atoms with Crippen LogP contribution < -0.4 is 0 Å². The molecule has 5 nitrogen and oxygen atoms in total. The van der Waals surface area contributed by atoms with Crippen molar-refractivity contribution >= 4 is 11.9 Å². The SMILES string of the molecule is O=C(O)CC1CN(C(=O)c2c(O)cccc2F)C1. The van der Waals surface area contributed by atoms with E-state index in [0.717, 1.165) is 6.07 Å². The van der Waals surface area contributed by atoms with Crippen LogP contribution in [0.25, 0.3) is 0 Å². The number of phenols is 1. The molecule has 2 N–H and O–H groups in total. The Bertz CT molecular complexity index is 477. The van der Waals surface area contributed by atoms with Gasteiger partial charge in [0.05, 0.1) is 6.42 Å². The van der Waals surface area contributed by atoms with Crippen molar-refractivity contribution in [1.82, 2.24) is 4.90 Å². The van der Waals surface area contributed by atoms with Crippen LogP contribution in [-0.4, -0.2) is 40.1 Å². The predicted octanol–water partition coefficient (Wildman–Crippen LogP) is 1.08. The number of carboxylic acids is 1. The summed E-state index contributed by atoms with van der Waals surface area (Å²) in [5.41, 5.74) is -0.355. The lowest BCUT2D eigenvalue weighted by molar-refractivity contribution is -0.139. The van der Waals surface area contributed by atoms with Crippen molar-refractivity contribution in [3.63, 3.8) is 0 Å². The molecule has 0 unspecified atom stereocenters. The van der Waals surface area contributed by atoms with Gasteiger partial charge in [0.15, 0.2) is 0 Å². The summed E-state index contributed by atoms with van der Waals surface area (Å²) in [4.78, 5) is 23.7. The summed E-state index contributed by atoms with van der Waals surface area (Å²) in [5, 5.41) is 18.0. The minimum atomic E-state index is -0.916. The lowest BCUT2D eigenvalue weighted by atomic mass is 9.95. The highest BCUT2D eigenvalue weighted by Gasteiger charge is 2.34. The van der Waals surface area contributed by atoms with Gasteiger partial charge in [-0.25, -0.2) is 4.39 Å². The highest BCUT2D eigenvalue weighted by Crippen LogP contribution is 2.26. The summed E-state index contributed by atoms with van der Waals surface area (Å²) < 4.78 is 13.4. The number of hydrogen-bond acceptors (Lipinski definition) is 3. The van der Waals surface area contributed by atoms with E-state index in [1.807, 2.05) is 0 Å². The first-order valence-electron chi connectivity index (χ1n) is 5.47. The first kappa shape index (κ1) is 12.3. The van der Waals surface area contributed by atoms with Gasteiger partial charge in [-0.05, 0) is 12.1 Å². The Morgan fingerprint density at radius 1 is 1.39 bits per heavy atom. The number of halogens is 1. The molecule has 0 saturated carbocycles. The predicted molar refractivity (Wildman–Crippen MR) is 59.7 cm³/mol. The van der Waals surface area contributed by atoms with Gasteiger partial charge < -0.3 is 15.1 Å². The van der Waals surface area contributed by atoms with Gasteiger partial charge in [0.1, 0.15) is 17.1 Å². The summed E-state index contributed by atoms with van der Waals surface area (Å²) in [6.07, 6.45) is -0.00691. The molecule has 2 rings (SSSR count). The molecule has 1 aromatic rings. The van der Waals surface area contributed by atoms with Gasteiger partial charge in [0.2, 0.25) is 0 Å². The number of aliphatic carboxylic acids is 1. The van der Waals surface area contributed by atoms with Gasteiger partial charge >= 0.3 is 5.97 Å². The number of benzene rings is 1. The number of rotatable bonds is 3. The summed E-state index contributed by atoms with van der Waals surface area (Å²) in [5.74, 6) is -2.79. The second-order valence-electron chi connectivity index (χ2n) is 4.31. The molecule has 0 radical (unpaired) electrons. The van der Waals surface area contributed by atoms with Crippen LogP contribution in [0.3, 0.4) is 0 Å². The molecule has 0 aliphatic carbocycles. The molecule has 6 heteroatoms. The number of amides is 1. The topological polar surface area (TPSA) is 77.8 Å². The zero-order chi connectivity index (χ0) is 13.3. The molecule has 1 heterocycles. The maximum absolute atomic E-state index is 13.4. The fourth-order valence-corrected chi connectivity index (χ4v) is 1.99. The fourth-order valence-electron chi connectivity index (χ4n) is 1.99. The maximum Gasteiger partial charge on any atom is 0.303 e. The van der Waals surface area contributed by atoms with Gasteiger partial charge in [-0.15, -0.1) is 0 Å². The minimum absolute atomic E-state index is 0.00691. The number of carbonyl (C=O) groups is 2. The molecule has 1 aromatic carbocycles. The highest BCUT2D eigenvalue weighted by molar-refractivity contribution is 5.97. The van der Waals surface area contributed by atoms with Crippen LogP contribution in [0, 0.1) is 11.7 Å². The summed E-state index contributed by atoms with van der Waals surface area (Å²) in [6.45, 7) is 0.553. The van der Waals surface area contributed by atoms with E-state index in [9.17, 15) is 19.1 Å². The van der Waals surface area contributed by atoms with Crippen LogP contribution in [0.5, 0.6) is 5.75 Å². The largest absolute Gasteiger partial charge is 0.507 e. The van der Waals surface area contributed by atoms with Crippen molar-refractivity contribution in [3.05, 3.63) is 29.6 Å². The molecule has 0 aromatic heterocycles. The summed E-state index contributed by atoms with van der Waals surface area (Å²) in [7, 11) is 0. The van der Waals surface area contributed by atoms with Crippen LogP contribution in [0.1, 0.15) is 16.8 Å².